The third-order valence-corrected chi connectivity index (χ3v) is 6.17. The fourth-order valence-electron chi connectivity index (χ4n) is 3.83. The summed E-state index contributed by atoms with van der Waals surface area (Å²) in [5, 5.41) is 0. The Morgan fingerprint density at radius 1 is 1.03 bits per heavy atom. The molecule has 3 rings (SSSR count). The van der Waals surface area contributed by atoms with Gasteiger partial charge in [0.2, 0.25) is 0 Å². The van der Waals surface area contributed by atoms with E-state index in [9.17, 15) is 8.42 Å². The van der Waals surface area contributed by atoms with Crippen molar-refractivity contribution in [3.63, 3.8) is 0 Å². The van der Waals surface area contributed by atoms with Crippen LogP contribution in [0.3, 0.4) is 0 Å². The smallest absolute Gasteiger partial charge is 0.264 e. The molecule has 1 aliphatic rings. The second kappa shape index (κ2) is 9.59. The first-order valence-corrected chi connectivity index (χ1v) is 12.4. The van der Waals surface area contributed by atoms with Crippen LogP contribution in [0, 0.1) is 0 Å². The summed E-state index contributed by atoms with van der Waals surface area (Å²) in [6.45, 7) is 9.06. The molecule has 0 saturated carbocycles. The fourth-order valence-corrected chi connectivity index (χ4v) is 4.25. The summed E-state index contributed by atoms with van der Waals surface area (Å²) >= 11 is 0. The topological polar surface area (TPSA) is 65.1 Å². The van der Waals surface area contributed by atoms with E-state index in [0.717, 1.165) is 30.8 Å². The third kappa shape index (κ3) is 6.45. The monoisotopic (exact) mass is 447 g/mol. The molecule has 1 atom stereocenters. The molecule has 0 bridgehead atoms. The van der Waals surface area contributed by atoms with Crippen molar-refractivity contribution in [1.29, 1.82) is 0 Å². The van der Waals surface area contributed by atoms with Crippen LogP contribution in [0.1, 0.15) is 49.8 Å². The lowest BCUT2D eigenvalue weighted by atomic mass is 9.83. The maximum atomic E-state index is 11.0. The Bertz CT molecular complexity index is 980. The van der Waals surface area contributed by atoms with Crippen LogP contribution >= 0.6 is 0 Å². The minimum Gasteiger partial charge on any atom is -0.497 e. The maximum absolute atomic E-state index is 11.0. The molecule has 0 amide bonds. The highest BCUT2D eigenvalue weighted by molar-refractivity contribution is 7.85. The van der Waals surface area contributed by atoms with Gasteiger partial charge in [0.15, 0.2) is 0 Å². The number of nitrogens with zero attached hydrogens (tertiary/aromatic N) is 1. The summed E-state index contributed by atoms with van der Waals surface area (Å²) in [7, 11) is -1.73. The molecule has 0 N–H and O–H groups in total. The molecule has 0 spiro atoms. The van der Waals surface area contributed by atoms with E-state index >= 15 is 0 Å². The normalized spacial score (nSPS) is 17.3. The molecule has 1 aliphatic heterocycles. The maximum Gasteiger partial charge on any atom is 0.264 e. The first kappa shape index (κ1) is 23.6. The van der Waals surface area contributed by atoms with Gasteiger partial charge in [0.1, 0.15) is 11.5 Å². The van der Waals surface area contributed by atoms with Crippen LogP contribution in [0.4, 0.5) is 0 Å². The van der Waals surface area contributed by atoms with Crippen molar-refractivity contribution in [1.82, 2.24) is 4.90 Å². The lowest BCUT2D eigenvalue weighted by molar-refractivity contribution is 0.113. The Hall–Kier alpha value is -2.09. The van der Waals surface area contributed by atoms with Gasteiger partial charge in [-0.25, -0.2) is 0 Å². The first-order valence-electron chi connectivity index (χ1n) is 10.6. The van der Waals surface area contributed by atoms with E-state index in [1.54, 1.807) is 7.11 Å². The van der Waals surface area contributed by atoms with E-state index in [1.807, 2.05) is 18.2 Å². The van der Waals surface area contributed by atoms with Gasteiger partial charge in [-0.15, -0.1) is 0 Å². The van der Waals surface area contributed by atoms with Gasteiger partial charge in [0.25, 0.3) is 10.1 Å². The van der Waals surface area contributed by atoms with Gasteiger partial charge >= 0.3 is 0 Å². The second-order valence-corrected chi connectivity index (χ2v) is 10.6. The number of ether oxygens (including phenoxy) is 2. The summed E-state index contributed by atoms with van der Waals surface area (Å²) in [5.41, 5.74) is 3.88. The highest BCUT2D eigenvalue weighted by Gasteiger charge is 2.32. The number of fused-ring (bicyclic) bond motifs is 1. The molecule has 1 unspecified atom stereocenters. The van der Waals surface area contributed by atoms with E-state index in [0.29, 0.717) is 13.0 Å². The van der Waals surface area contributed by atoms with E-state index in [1.165, 1.54) is 16.7 Å². The van der Waals surface area contributed by atoms with Crippen LogP contribution < -0.4 is 9.47 Å². The molecule has 0 aliphatic carbocycles. The van der Waals surface area contributed by atoms with Crippen LogP contribution in [0.15, 0.2) is 42.5 Å². The quantitative estimate of drug-likeness (QED) is 0.447. The molecular weight excluding hydrogens is 414 g/mol. The number of benzene rings is 2. The number of methoxy groups -OCH3 is 1. The van der Waals surface area contributed by atoms with Gasteiger partial charge in [-0.3, -0.25) is 9.08 Å². The zero-order valence-electron chi connectivity index (χ0n) is 19.1. The average Bonchev–Trinajstić information content (AvgIpc) is 2.71. The number of hydrogen-bond acceptors (Lipinski definition) is 6. The van der Waals surface area contributed by atoms with Gasteiger partial charge in [-0.05, 0) is 61.7 Å². The predicted molar refractivity (Wildman–Crippen MR) is 122 cm³/mol. The van der Waals surface area contributed by atoms with Gasteiger partial charge in [-0.1, -0.05) is 18.2 Å². The van der Waals surface area contributed by atoms with Crippen LogP contribution in [0.2, 0.25) is 0 Å². The summed E-state index contributed by atoms with van der Waals surface area (Å²) in [4.78, 5) is 2.49. The third-order valence-electron chi connectivity index (χ3n) is 5.58. The highest BCUT2D eigenvalue weighted by atomic mass is 32.2. The summed E-state index contributed by atoms with van der Waals surface area (Å²) in [6, 6.07) is 14.6. The largest absolute Gasteiger partial charge is 0.497 e. The van der Waals surface area contributed by atoms with Gasteiger partial charge in [0, 0.05) is 31.0 Å². The standard InChI is InChI=1S/C24H33NO5S/c1-24(2,3)25-16-19-15-21(29-13-6-14-30-31(5,26)27)11-12-22(19)23(17-25)18-7-9-20(28-4)10-8-18/h7-12,15,23H,6,13-14,16-17H2,1-5H3. The SMILES string of the molecule is COc1ccc(C2CN(C(C)(C)C)Cc3cc(OCCCOS(C)(=O)=O)ccc32)cc1. The zero-order chi connectivity index (χ0) is 22.6. The van der Waals surface area contributed by atoms with Gasteiger partial charge < -0.3 is 9.47 Å². The summed E-state index contributed by atoms with van der Waals surface area (Å²) < 4.78 is 38.0. The first-order chi connectivity index (χ1) is 14.6. The molecule has 0 radical (unpaired) electrons. The molecule has 170 valence electrons. The van der Waals surface area contributed by atoms with Crippen LogP contribution in [-0.2, 0) is 20.8 Å². The van der Waals surface area contributed by atoms with Crippen molar-refractivity contribution in [3.05, 3.63) is 59.2 Å². The molecule has 0 fully saturated rings. The van der Waals surface area contributed by atoms with Crippen LogP contribution in [0.25, 0.3) is 0 Å². The van der Waals surface area contributed by atoms with Gasteiger partial charge in [0.05, 0.1) is 26.6 Å². The Kier molecular flexibility index (Phi) is 7.29. The molecule has 7 heteroatoms. The van der Waals surface area contributed by atoms with E-state index in [4.69, 9.17) is 13.7 Å². The Balaban J connectivity index is 1.78. The molecule has 1 heterocycles. The van der Waals surface area contributed by atoms with Crippen molar-refractivity contribution in [2.75, 3.05) is 33.1 Å². The minimum absolute atomic E-state index is 0.0439. The predicted octanol–water partition coefficient (Wildman–Crippen LogP) is 4.19. The summed E-state index contributed by atoms with van der Waals surface area (Å²) in [5.74, 6) is 1.92. The lowest BCUT2D eigenvalue weighted by Crippen LogP contribution is -2.46. The van der Waals surface area contributed by atoms with Crippen molar-refractivity contribution in [3.8, 4) is 11.5 Å². The summed E-state index contributed by atoms with van der Waals surface area (Å²) in [6.07, 6.45) is 1.56. The van der Waals surface area contributed by atoms with Gasteiger partial charge in [-0.2, -0.15) is 8.42 Å². The molecular formula is C24H33NO5S. The Morgan fingerprint density at radius 2 is 1.71 bits per heavy atom. The average molecular weight is 448 g/mol. The second-order valence-electron chi connectivity index (χ2n) is 8.97. The molecule has 31 heavy (non-hydrogen) atoms. The number of hydrogen-bond donors (Lipinski definition) is 0. The van der Waals surface area contributed by atoms with Crippen LogP contribution in [-0.4, -0.2) is 52.0 Å². The highest BCUT2D eigenvalue weighted by Crippen LogP contribution is 2.38. The molecule has 0 saturated heterocycles. The van der Waals surface area contributed by atoms with E-state index < -0.39 is 10.1 Å². The van der Waals surface area contributed by atoms with E-state index in [2.05, 4.69) is 49.9 Å². The fraction of sp³-hybridized carbons (Fsp3) is 0.500. The van der Waals surface area contributed by atoms with Crippen molar-refractivity contribution >= 4 is 10.1 Å². The lowest BCUT2D eigenvalue weighted by Gasteiger charge is -2.43. The molecule has 0 aromatic heterocycles. The van der Waals surface area contributed by atoms with Crippen molar-refractivity contribution in [2.45, 2.75) is 45.2 Å². The molecule has 6 nitrogen and oxygen atoms in total. The number of rotatable bonds is 8. The minimum atomic E-state index is -3.41. The Labute approximate surface area is 186 Å². The van der Waals surface area contributed by atoms with Crippen molar-refractivity contribution < 1.29 is 22.1 Å². The van der Waals surface area contributed by atoms with E-state index in [-0.39, 0.29) is 18.1 Å². The molecule has 2 aromatic carbocycles. The Morgan fingerprint density at radius 3 is 2.32 bits per heavy atom. The zero-order valence-corrected chi connectivity index (χ0v) is 19.9. The van der Waals surface area contributed by atoms with Crippen molar-refractivity contribution in [2.24, 2.45) is 0 Å². The molecule has 2 aromatic rings. The van der Waals surface area contributed by atoms with Crippen LogP contribution in [0.5, 0.6) is 11.5 Å².